The molecule has 0 aliphatic carbocycles. The lowest BCUT2D eigenvalue weighted by Gasteiger charge is -2.21. The summed E-state index contributed by atoms with van der Waals surface area (Å²) in [7, 11) is 0. The van der Waals surface area contributed by atoms with Gasteiger partial charge < -0.3 is 4.98 Å². The van der Waals surface area contributed by atoms with Crippen LogP contribution in [0.2, 0.25) is 0 Å². The maximum atomic E-state index is 12.4. The molecule has 0 fully saturated rings. The molecule has 0 aliphatic heterocycles. The molecule has 1 aromatic carbocycles. The predicted octanol–water partition coefficient (Wildman–Crippen LogP) is 2.69. The van der Waals surface area contributed by atoms with E-state index in [1.807, 2.05) is 6.07 Å². The molecule has 2 amide bonds. The van der Waals surface area contributed by atoms with E-state index in [1.165, 1.54) is 0 Å². The second-order valence-corrected chi connectivity index (χ2v) is 5.33. The number of aromatic nitrogens is 1. The quantitative estimate of drug-likeness (QED) is 0.860. The topological polar surface area (TPSA) is 70.2 Å². The number of aromatic amines is 1. The van der Waals surface area contributed by atoms with Crippen molar-refractivity contribution < 1.29 is 9.59 Å². The third kappa shape index (κ3) is 3.63. The lowest BCUT2D eigenvalue weighted by Crippen LogP contribution is -2.42. The SMILES string of the molecule is Cc1cc(-c2ccccc2)c(N(C(=O)CCl)C(=O)CCl)c(=O)[nH]1. The van der Waals surface area contributed by atoms with Crippen molar-refractivity contribution in [2.24, 2.45) is 0 Å². The number of nitrogens with zero attached hydrogens (tertiary/aromatic N) is 1. The first-order valence-corrected chi connectivity index (χ1v) is 7.83. The van der Waals surface area contributed by atoms with E-state index in [1.54, 1.807) is 37.3 Å². The number of rotatable bonds is 4. The lowest BCUT2D eigenvalue weighted by atomic mass is 10.0. The van der Waals surface area contributed by atoms with E-state index in [-0.39, 0.29) is 5.69 Å². The van der Waals surface area contributed by atoms with Crippen LogP contribution in [0.15, 0.2) is 41.2 Å². The Bertz CT molecular complexity index is 772. The number of benzene rings is 1. The molecule has 0 saturated heterocycles. The van der Waals surface area contributed by atoms with Crippen molar-refractivity contribution in [1.29, 1.82) is 0 Å². The molecule has 0 radical (unpaired) electrons. The summed E-state index contributed by atoms with van der Waals surface area (Å²) < 4.78 is 0. The number of H-pyrrole nitrogens is 1. The van der Waals surface area contributed by atoms with Crippen molar-refractivity contribution in [3.05, 3.63) is 52.4 Å². The van der Waals surface area contributed by atoms with Gasteiger partial charge in [-0.1, -0.05) is 30.3 Å². The first-order chi connectivity index (χ1) is 11.0. The molecule has 0 aliphatic rings. The van der Waals surface area contributed by atoms with Crippen molar-refractivity contribution in [3.8, 4) is 11.1 Å². The van der Waals surface area contributed by atoms with E-state index in [9.17, 15) is 14.4 Å². The predicted molar refractivity (Wildman–Crippen MR) is 91.2 cm³/mol. The van der Waals surface area contributed by atoms with E-state index in [0.717, 1.165) is 4.90 Å². The van der Waals surface area contributed by atoms with E-state index >= 15 is 0 Å². The van der Waals surface area contributed by atoms with Crippen LogP contribution in [-0.4, -0.2) is 28.6 Å². The first kappa shape index (κ1) is 17.2. The van der Waals surface area contributed by atoms with Crippen molar-refractivity contribution in [2.75, 3.05) is 16.7 Å². The molecule has 2 aromatic rings. The molecule has 5 nitrogen and oxygen atoms in total. The van der Waals surface area contributed by atoms with Gasteiger partial charge in [0.05, 0.1) is 0 Å². The van der Waals surface area contributed by atoms with E-state index in [2.05, 4.69) is 4.98 Å². The summed E-state index contributed by atoms with van der Waals surface area (Å²) in [5.74, 6) is -2.29. The number of carbonyl (C=O) groups excluding carboxylic acids is 2. The van der Waals surface area contributed by atoms with Crippen molar-refractivity contribution in [3.63, 3.8) is 0 Å². The summed E-state index contributed by atoms with van der Waals surface area (Å²) in [6, 6.07) is 10.7. The third-order valence-corrected chi connectivity index (χ3v) is 3.63. The lowest BCUT2D eigenvalue weighted by molar-refractivity contribution is -0.123. The van der Waals surface area contributed by atoms with Crippen LogP contribution in [0.1, 0.15) is 5.69 Å². The first-order valence-electron chi connectivity index (χ1n) is 6.76. The molecule has 0 spiro atoms. The van der Waals surface area contributed by atoms with Gasteiger partial charge in [0, 0.05) is 11.3 Å². The Hall–Kier alpha value is -2.11. The number of nitrogens with one attached hydrogen (secondary N) is 1. The van der Waals surface area contributed by atoms with Gasteiger partial charge in [-0.2, -0.15) is 0 Å². The highest BCUT2D eigenvalue weighted by Crippen LogP contribution is 2.28. The zero-order chi connectivity index (χ0) is 17.0. The van der Waals surface area contributed by atoms with Gasteiger partial charge in [0.15, 0.2) is 0 Å². The van der Waals surface area contributed by atoms with Crippen LogP contribution in [0.4, 0.5) is 5.69 Å². The molecular weight excluding hydrogens is 339 g/mol. The normalized spacial score (nSPS) is 10.4. The molecule has 2 rings (SSSR count). The van der Waals surface area contributed by atoms with Crippen LogP contribution in [0.25, 0.3) is 11.1 Å². The highest BCUT2D eigenvalue weighted by atomic mass is 35.5. The van der Waals surface area contributed by atoms with Crippen LogP contribution in [0.3, 0.4) is 0 Å². The van der Waals surface area contributed by atoms with Gasteiger partial charge in [-0.15, -0.1) is 23.2 Å². The molecule has 0 unspecified atom stereocenters. The van der Waals surface area contributed by atoms with Crippen molar-refractivity contribution >= 4 is 40.7 Å². The molecule has 1 N–H and O–H groups in total. The number of alkyl halides is 2. The van der Waals surface area contributed by atoms with Gasteiger partial charge in [0.2, 0.25) is 11.8 Å². The number of hydrogen-bond acceptors (Lipinski definition) is 3. The Morgan fingerprint density at radius 3 is 2.17 bits per heavy atom. The number of aryl methyl sites for hydroxylation is 1. The summed E-state index contributed by atoms with van der Waals surface area (Å²) in [5.41, 5.74) is 1.14. The Labute approximate surface area is 142 Å². The van der Waals surface area contributed by atoms with Gasteiger partial charge in [-0.05, 0) is 18.6 Å². The van der Waals surface area contributed by atoms with Crippen LogP contribution in [0.5, 0.6) is 0 Å². The number of hydrogen-bond donors (Lipinski definition) is 1. The summed E-state index contributed by atoms with van der Waals surface area (Å²) in [4.78, 5) is 40.0. The smallest absolute Gasteiger partial charge is 0.273 e. The molecule has 0 saturated carbocycles. The van der Waals surface area contributed by atoms with E-state index in [4.69, 9.17) is 23.2 Å². The molecule has 23 heavy (non-hydrogen) atoms. The molecule has 0 atom stereocenters. The molecule has 1 heterocycles. The van der Waals surface area contributed by atoms with Crippen LogP contribution in [-0.2, 0) is 9.59 Å². The molecule has 7 heteroatoms. The van der Waals surface area contributed by atoms with Crippen LogP contribution in [0, 0.1) is 6.92 Å². The summed E-state index contributed by atoms with van der Waals surface area (Å²) >= 11 is 11.2. The summed E-state index contributed by atoms with van der Waals surface area (Å²) in [6.07, 6.45) is 0. The fourth-order valence-electron chi connectivity index (χ4n) is 2.25. The van der Waals surface area contributed by atoms with Gasteiger partial charge >= 0.3 is 0 Å². The molecular formula is C16H14Cl2N2O3. The largest absolute Gasteiger partial charge is 0.325 e. The van der Waals surface area contributed by atoms with E-state index in [0.29, 0.717) is 16.8 Å². The van der Waals surface area contributed by atoms with Crippen molar-refractivity contribution in [1.82, 2.24) is 4.98 Å². The number of pyridine rings is 1. The number of imide groups is 1. The monoisotopic (exact) mass is 352 g/mol. The number of anilines is 1. The summed E-state index contributed by atoms with van der Waals surface area (Å²) in [6.45, 7) is 1.72. The third-order valence-electron chi connectivity index (χ3n) is 3.18. The Morgan fingerprint density at radius 1 is 1.09 bits per heavy atom. The zero-order valence-electron chi connectivity index (χ0n) is 12.3. The Morgan fingerprint density at radius 2 is 1.65 bits per heavy atom. The van der Waals surface area contributed by atoms with Gasteiger partial charge in [0.1, 0.15) is 17.4 Å². The minimum atomic E-state index is -0.705. The average molecular weight is 353 g/mol. The fraction of sp³-hybridized carbons (Fsp3) is 0.188. The van der Waals surface area contributed by atoms with Gasteiger partial charge in [-0.25, -0.2) is 4.90 Å². The minimum Gasteiger partial charge on any atom is -0.325 e. The second kappa shape index (κ2) is 7.44. The second-order valence-electron chi connectivity index (χ2n) is 4.80. The molecule has 120 valence electrons. The Kier molecular flexibility index (Phi) is 5.58. The molecule has 1 aromatic heterocycles. The van der Waals surface area contributed by atoms with Crippen LogP contribution < -0.4 is 10.5 Å². The van der Waals surface area contributed by atoms with Crippen molar-refractivity contribution in [2.45, 2.75) is 6.92 Å². The number of halogens is 2. The van der Waals surface area contributed by atoms with Gasteiger partial charge in [0.25, 0.3) is 5.56 Å². The fourth-order valence-corrected chi connectivity index (χ4v) is 2.49. The molecule has 0 bridgehead atoms. The van der Waals surface area contributed by atoms with Gasteiger partial charge in [-0.3, -0.25) is 14.4 Å². The van der Waals surface area contributed by atoms with E-state index < -0.39 is 29.1 Å². The maximum Gasteiger partial charge on any atom is 0.273 e. The highest BCUT2D eigenvalue weighted by molar-refractivity contribution is 6.37. The zero-order valence-corrected chi connectivity index (χ0v) is 13.8. The minimum absolute atomic E-state index is 0.0712. The highest BCUT2D eigenvalue weighted by Gasteiger charge is 2.27. The summed E-state index contributed by atoms with van der Waals surface area (Å²) in [5, 5.41) is 0. The van der Waals surface area contributed by atoms with Crippen LogP contribution >= 0.6 is 23.2 Å². The number of amides is 2. The maximum absolute atomic E-state index is 12.4. The Balaban J connectivity index is 2.76. The number of carbonyl (C=O) groups is 2. The average Bonchev–Trinajstić information content (AvgIpc) is 2.56. The standard InChI is InChI=1S/C16H14Cl2N2O3/c1-10-7-12(11-5-3-2-4-6-11)15(16(23)19-10)20(13(21)8-17)14(22)9-18/h2-7H,8-9H2,1H3,(H,19,23).